The molecule has 2 atom stereocenters. The smallest absolute Gasteiger partial charge is 0.0794 e. The zero-order valence-corrected chi connectivity index (χ0v) is 9.57. The average molecular weight is 230 g/mol. The van der Waals surface area contributed by atoms with E-state index in [0.717, 1.165) is 23.7 Å². The van der Waals surface area contributed by atoms with Gasteiger partial charge in [-0.15, -0.1) is 11.3 Å². The second kappa shape index (κ2) is 5.00. The van der Waals surface area contributed by atoms with Gasteiger partial charge in [0.05, 0.1) is 11.3 Å². The Hall–Kier alpha value is -0.260. The van der Waals surface area contributed by atoms with E-state index in [1.165, 1.54) is 6.42 Å². The molecule has 78 valence electrons. The molecule has 2 heterocycles. The number of hydrogen-bond donors (Lipinski definition) is 1. The van der Waals surface area contributed by atoms with E-state index in [0.29, 0.717) is 11.7 Å². The molecule has 0 bridgehead atoms. The van der Waals surface area contributed by atoms with E-state index in [-0.39, 0.29) is 0 Å². The molecule has 1 N–H and O–H groups in total. The van der Waals surface area contributed by atoms with Gasteiger partial charge in [0.1, 0.15) is 0 Å². The highest BCUT2D eigenvalue weighted by atomic mass is 32.2. The van der Waals surface area contributed by atoms with Gasteiger partial charge in [0, 0.05) is 27.6 Å². The maximum absolute atomic E-state index is 11.7. The first-order valence-corrected chi connectivity index (χ1v) is 7.14. The monoisotopic (exact) mass is 230 g/mol. The quantitative estimate of drug-likeness (QED) is 0.839. The first-order chi connectivity index (χ1) is 6.84. The maximum atomic E-state index is 11.7. The van der Waals surface area contributed by atoms with Crippen LogP contribution in [0.15, 0.2) is 11.7 Å². The minimum atomic E-state index is -0.709. The summed E-state index contributed by atoms with van der Waals surface area (Å²) in [5, 5.41) is 3.29. The first kappa shape index (κ1) is 10.3. The third kappa shape index (κ3) is 2.87. The van der Waals surface area contributed by atoms with Crippen LogP contribution in [-0.4, -0.2) is 28.0 Å². The van der Waals surface area contributed by atoms with Crippen LogP contribution in [0.4, 0.5) is 0 Å². The molecular weight excluding hydrogens is 216 g/mol. The van der Waals surface area contributed by atoms with Crippen molar-refractivity contribution in [3.8, 4) is 0 Å². The van der Waals surface area contributed by atoms with Crippen LogP contribution < -0.4 is 5.32 Å². The van der Waals surface area contributed by atoms with Gasteiger partial charge in [-0.1, -0.05) is 0 Å². The van der Waals surface area contributed by atoms with Gasteiger partial charge in [-0.2, -0.15) is 0 Å². The molecule has 1 aromatic heterocycles. The summed E-state index contributed by atoms with van der Waals surface area (Å²) in [6, 6.07) is 0. The highest BCUT2D eigenvalue weighted by molar-refractivity contribution is 7.84. The molecule has 14 heavy (non-hydrogen) atoms. The van der Waals surface area contributed by atoms with Crippen LogP contribution in [0.2, 0.25) is 0 Å². The fraction of sp³-hybridized carbons (Fsp3) is 0.667. The van der Waals surface area contributed by atoms with Crippen LogP contribution >= 0.6 is 11.3 Å². The Balaban J connectivity index is 1.78. The molecule has 3 nitrogen and oxygen atoms in total. The van der Waals surface area contributed by atoms with Crippen LogP contribution in [-0.2, 0) is 16.6 Å². The lowest BCUT2D eigenvalue weighted by molar-refractivity contribution is 0.632. The normalized spacial score (nSPS) is 23.9. The average Bonchev–Trinajstić information content (AvgIpc) is 2.76. The third-order valence-electron chi connectivity index (χ3n) is 2.37. The van der Waals surface area contributed by atoms with Gasteiger partial charge in [-0.05, 0) is 25.4 Å². The second-order valence-electron chi connectivity index (χ2n) is 3.58. The standard InChI is InChI=1S/C9H14N2OS2/c12-14(5-8-1-2-10-3-8)6-9-4-11-7-13-9/h4,7-8,10H,1-3,5-6H2/t8-,14+/m1/s1. The van der Waals surface area contributed by atoms with Crippen molar-refractivity contribution < 1.29 is 4.21 Å². The van der Waals surface area contributed by atoms with Gasteiger partial charge in [0.2, 0.25) is 0 Å². The summed E-state index contributed by atoms with van der Waals surface area (Å²) in [4.78, 5) is 5.11. The summed E-state index contributed by atoms with van der Waals surface area (Å²) in [5.41, 5.74) is 1.80. The van der Waals surface area contributed by atoms with Crippen LogP contribution in [0, 0.1) is 5.92 Å². The minimum Gasteiger partial charge on any atom is -0.316 e. The Labute approximate surface area is 90.4 Å². The number of aromatic nitrogens is 1. The van der Waals surface area contributed by atoms with E-state index in [9.17, 15) is 4.21 Å². The number of thiazole rings is 1. The summed E-state index contributed by atoms with van der Waals surface area (Å²) in [5.74, 6) is 2.13. The van der Waals surface area contributed by atoms with Crippen molar-refractivity contribution in [2.45, 2.75) is 12.2 Å². The molecular formula is C9H14N2OS2. The molecule has 1 aromatic rings. The Kier molecular flexibility index (Phi) is 3.67. The summed E-state index contributed by atoms with van der Waals surface area (Å²) >= 11 is 1.59. The second-order valence-corrected chi connectivity index (χ2v) is 6.05. The van der Waals surface area contributed by atoms with Crippen molar-refractivity contribution in [3.05, 3.63) is 16.6 Å². The maximum Gasteiger partial charge on any atom is 0.0794 e. The van der Waals surface area contributed by atoms with Gasteiger partial charge < -0.3 is 5.32 Å². The van der Waals surface area contributed by atoms with E-state index in [4.69, 9.17) is 0 Å². The summed E-state index contributed by atoms with van der Waals surface area (Å²) in [7, 11) is -0.709. The van der Waals surface area contributed by atoms with Gasteiger partial charge >= 0.3 is 0 Å². The predicted octanol–water partition coefficient (Wildman–Crippen LogP) is 1.00. The van der Waals surface area contributed by atoms with E-state index in [2.05, 4.69) is 10.3 Å². The third-order valence-corrected chi connectivity index (χ3v) is 4.81. The van der Waals surface area contributed by atoms with Crippen molar-refractivity contribution in [1.82, 2.24) is 10.3 Å². The van der Waals surface area contributed by atoms with Crippen molar-refractivity contribution in [2.24, 2.45) is 5.92 Å². The van der Waals surface area contributed by atoms with Crippen LogP contribution in [0.25, 0.3) is 0 Å². The molecule has 0 unspecified atom stereocenters. The molecule has 5 heteroatoms. The highest BCUT2D eigenvalue weighted by Crippen LogP contribution is 2.13. The van der Waals surface area contributed by atoms with E-state index < -0.39 is 10.8 Å². The fourth-order valence-electron chi connectivity index (χ4n) is 1.65. The summed E-state index contributed by atoms with van der Waals surface area (Å²) in [6.07, 6.45) is 2.99. The number of nitrogens with one attached hydrogen (secondary N) is 1. The minimum absolute atomic E-state index is 0.615. The van der Waals surface area contributed by atoms with Gasteiger partial charge in [0.15, 0.2) is 0 Å². The van der Waals surface area contributed by atoms with Crippen molar-refractivity contribution >= 4 is 22.1 Å². The molecule has 1 aliphatic rings. The van der Waals surface area contributed by atoms with Crippen LogP contribution in [0.5, 0.6) is 0 Å². The SMILES string of the molecule is O=[S@](Cc1cncs1)C[C@@H]1CCNC1. The Morgan fingerprint density at radius 1 is 1.71 bits per heavy atom. The molecule has 0 aromatic carbocycles. The van der Waals surface area contributed by atoms with E-state index in [1.54, 1.807) is 16.8 Å². The lowest BCUT2D eigenvalue weighted by Crippen LogP contribution is -2.15. The molecule has 0 amide bonds. The molecule has 0 aliphatic carbocycles. The lowest BCUT2D eigenvalue weighted by atomic mass is 10.2. The molecule has 0 saturated carbocycles. The van der Waals surface area contributed by atoms with Gasteiger partial charge in [-0.25, -0.2) is 0 Å². The summed E-state index contributed by atoms with van der Waals surface area (Å²) < 4.78 is 11.7. The van der Waals surface area contributed by atoms with Crippen molar-refractivity contribution in [2.75, 3.05) is 18.8 Å². The van der Waals surface area contributed by atoms with E-state index >= 15 is 0 Å². The molecule has 0 radical (unpaired) electrons. The van der Waals surface area contributed by atoms with Crippen LogP contribution in [0.1, 0.15) is 11.3 Å². The van der Waals surface area contributed by atoms with Crippen molar-refractivity contribution in [3.63, 3.8) is 0 Å². The fourth-order valence-corrected chi connectivity index (χ4v) is 4.02. The molecule has 1 fully saturated rings. The predicted molar refractivity (Wildman–Crippen MR) is 59.8 cm³/mol. The lowest BCUT2D eigenvalue weighted by Gasteiger charge is -2.06. The van der Waals surface area contributed by atoms with Crippen molar-refractivity contribution in [1.29, 1.82) is 0 Å². The molecule has 1 saturated heterocycles. The zero-order chi connectivity index (χ0) is 9.80. The Bertz CT molecular complexity index is 294. The summed E-state index contributed by atoms with van der Waals surface area (Å²) in [6.45, 7) is 2.12. The molecule has 2 rings (SSSR count). The Morgan fingerprint density at radius 2 is 2.64 bits per heavy atom. The largest absolute Gasteiger partial charge is 0.316 e. The first-order valence-electron chi connectivity index (χ1n) is 4.77. The topological polar surface area (TPSA) is 42.0 Å². The number of rotatable bonds is 4. The van der Waals surface area contributed by atoms with E-state index in [1.807, 2.05) is 6.20 Å². The highest BCUT2D eigenvalue weighted by Gasteiger charge is 2.17. The number of hydrogen-bond acceptors (Lipinski definition) is 4. The molecule has 0 spiro atoms. The number of nitrogens with zero attached hydrogens (tertiary/aromatic N) is 1. The zero-order valence-electron chi connectivity index (χ0n) is 7.94. The van der Waals surface area contributed by atoms with Gasteiger partial charge in [0.25, 0.3) is 0 Å². The molecule has 1 aliphatic heterocycles. The van der Waals surface area contributed by atoms with Gasteiger partial charge in [-0.3, -0.25) is 9.19 Å². The van der Waals surface area contributed by atoms with Crippen LogP contribution in [0.3, 0.4) is 0 Å². The Morgan fingerprint density at radius 3 is 3.29 bits per heavy atom.